The molecule has 0 aliphatic heterocycles. The molecule has 1 rings (SSSR count). The van der Waals surface area contributed by atoms with Gasteiger partial charge in [0, 0.05) is 0 Å². The number of nitrogen functional groups attached to an aromatic ring is 1. The number of hydrogen-bond donors (Lipinski definition) is 2. The highest BCUT2D eigenvalue weighted by Gasteiger charge is 2.17. The van der Waals surface area contributed by atoms with Crippen LogP contribution in [0.15, 0.2) is 17.2 Å². The average molecular weight is 293 g/mol. The van der Waals surface area contributed by atoms with Crippen LogP contribution < -0.4 is 10.5 Å². The molecule has 1 heterocycles. The minimum atomic E-state index is -3.55. The first kappa shape index (κ1) is 14.7. The zero-order valence-electron chi connectivity index (χ0n) is 10.0. The lowest BCUT2D eigenvalue weighted by molar-refractivity contribution is 0.592. The van der Waals surface area contributed by atoms with Gasteiger partial charge in [0.1, 0.15) is 0 Å². The predicted molar refractivity (Wildman–Crippen MR) is 69.5 cm³/mol. The van der Waals surface area contributed by atoms with E-state index in [4.69, 9.17) is 5.73 Å². The standard InChI is InChI=1S/C9H15N3O4S2/c1-3-17(13,14)8-6-5-7(10)9(11-8)12-18(15,16)4-2/h5-6H,3-4,10H2,1-2H3,(H,11,12). The molecule has 18 heavy (non-hydrogen) atoms. The van der Waals surface area contributed by atoms with Crippen molar-refractivity contribution in [2.45, 2.75) is 18.9 Å². The highest BCUT2D eigenvalue weighted by Crippen LogP contribution is 2.20. The first-order chi connectivity index (χ1) is 8.22. The van der Waals surface area contributed by atoms with Crippen molar-refractivity contribution in [1.82, 2.24) is 4.98 Å². The molecule has 0 aromatic carbocycles. The van der Waals surface area contributed by atoms with Gasteiger partial charge >= 0.3 is 0 Å². The highest BCUT2D eigenvalue weighted by molar-refractivity contribution is 7.92. The topological polar surface area (TPSA) is 119 Å². The number of anilines is 2. The van der Waals surface area contributed by atoms with Crippen LogP contribution in [-0.2, 0) is 19.9 Å². The van der Waals surface area contributed by atoms with Gasteiger partial charge < -0.3 is 5.73 Å². The van der Waals surface area contributed by atoms with Crippen LogP contribution in [0, 0.1) is 0 Å². The number of nitrogens with one attached hydrogen (secondary N) is 1. The van der Waals surface area contributed by atoms with Crippen LogP contribution in [-0.4, -0.2) is 33.3 Å². The molecule has 0 saturated carbocycles. The van der Waals surface area contributed by atoms with E-state index in [0.717, 1.165) is 0 Å². The van der Waals surface area contributed by atoms with Crippen LogP contribution >= 0.6 is 0 Å². The van der Waals surface area contributed by atoms with E-state index in [2.05, 4.69) is 9.71 Å². The third kappa shape index (κ3) is 3.33. The summed E-state index contributed by atoms with van der Waals surface area (Å²) in [6.45, 7) is 2.93. The molecule has 0 aliphatic carbocycles. The van der Waals surface area contributed by atoms with Crippen molar-refractivity contribution in [2.75, 3.05) is 22.0 Å². The van der Waals surface area contributed by atoms with E-state index in [9.17, 15) is 16.8 Å². The van der Waals surface area contributed by atoms with Crippen molar-refractivity contribution in [3.63, 3.8) is 0 Å². The molecule has 0 atom stereocenters. The van der Waals surface area contributed by atoms with Crippen LogP contribution in [0.25, 0.3) is 0 Å². The number of sulfone groups is 1. The lowest BCUT2D eigenvalue weighted by Crippen LogP contribution is -2.18. The quantitative estimate of drug-likeness (QED) is 0.801. The zero-order valence-corrected chi connectivity index (χ0v) is 11.7. The third-order valence-corrected chi connectivity index (χ3v) is 5.12. The minimum absolute atomic E-state index is 0.0714. The van der Waals surface area contributed by atoms with Crippen molar-refractivity contribution in [2.24, 2.45) is 0 Å². The Labute approximate surface area is 106 Å². The summed E-state index contributed by atoms with van der Waals surface area (Å²) < 4.78 is 48.2. The molecule has 9 heteroatoms. The monoisotopic (exact) mass is 293 g/mol. The summed E-state index contributed by atoms with van der Waals surface area (Å²) in [5.41, 5.74) is 5.62. The number of pyridine rings is 1. The van der Waals surface area contributed by atoms with Gasteiger partial charge in [-0.05, 0) is 19.1 Å². The summed E-state index contributed by atoms with van der Waals surface area (Å²) >= 11 is 0. The number of nitrogens with two attached hydrogens (primary N) is 1. The van der Waals surface area contributed by atoms with Gasteiger partial charge in [-0.1, -0.05) is 6.92 Å². The van der Waals surface area contributed by atoms with Crippen LogP contribution in [0.5, 0.6) is 0 Å². The molecule has 7 nitrogen and oxygen atoms in total. The zero-order chi connectivity index (χ0) is 14.0. The molecule has 0 fully saturated rings. The van der Waals surface area contributed by atoms with Gasteiger partial charge in [0.15, 0.2) is 20.7 Å². The van der Waals surface area contributed by atoms with E-state index in [0.29, 0.717) is 0 Å². The van der Waals surface area contributed by atoms with Crippen molar-refractivity contribution < 1.29 is 16.8 Å². The summed E-state index contributed by atoms with van der Waals surface area (Å²) in [5, 5.41) is -0.201. The predicted octanol–water partition coefficient (Wildman–Crippen LogP) is 0.219. The number of sulfonamides is 1. The first-order valence-electron chi connectivity index (χ1n) is 5.21. The Balaban J connectivity index is 3.27. The lowest BCUT2D eigenvalue weighted by Gasteiger charge is -2.09. The first-order valence-corrected chi connectivity index (χ1v) is 8.52. The van der Waals surface area contributed by atoms with Gasteiger partial charge in [0.05, 0.1) is 17.2 Å². The number of rotatable bonds is 5. The van der Waals surface area contributed by atoms with E-state index >= 15 is 0 Å². The molecule has 0 amide bonds. The smallest absolute Gasteiger partial charge is 0.233 e. The van der Waals surface area contributed by atoms with Gasteiger partial charge in [0.2, 0.25) is 10.0 Å². The lowest BCUT2D eigenvalue weighted by atomic mass is 10.4. The number of nitrogens with zero attached hydrogens (tertiary/aromatic N) is 1. The van der Waals surface area contributed by atoms with E-state index in [-0.39, 0.29) is 28.0 Å². The summed E-state index contributed by atoms with van der Waals surface area (Å²) in [7, 11) is -7.05. The fourth-order valence-corrected chi connectivity index (χ4v) is 2.48. The van der Waals surface area contributed by atoms with E-state index in [1.807, 2.05) is 0 Å². The Morgan fingerprint density at radius 2 is 1.78 bits per heavy atom. The van der Waals surface area contributed by atoms with Gasteiger partial charge in [-0.15, -0.1) is 0 Å². The van der Waals surface area contributed by atoms with Crippen molar-refractivity contribution in [1.29, 1.82) is 0 Å². The summed E-state index contributed by atoms with van der Waals surface area (Å²) in [6.07, 6.45) is 0. The second-order valence-electron chi connectivity index (χ2n) is 3.50. The summed E-state index contributed by atoms with van der Waals surface area (Å²) in [5.74, 6) is -0.436. The fourth-order valence-electron chi connectivity index (χ4n) is 1.07. The Kier molecular flexibility index (Phi) is 4.17. The molecular formula is C9H15N3O4S2. The second-order valence-corrected chi connectivity index (χ2v) is 7.73. The Hall–Kier alpha value is -1.35. The average Bonchev–Trinajstić information content (AvgIpc) is 2.31. The molecule has 0 spiro atoms. The maximum Gasteiger partial charge on any atom is 0.233 e. The van der Waals surface area contributed by atoms with E-state index < -0.39 is 19.9 Å². The van der Waals surface area contributed by atoms with Crippen LogP contribution in [0.3, 0.4) is 0 Å². The maximum atomic E-state index is 11.6. The molecule has 0 saturated heterocycles. The molecule has 1 aromatic heterocycles. The molecule has 0 bridgehead atoms. The van der Waals surface area contributed by atoms with E-state index in [1.54, 1.807) is 0 Å². The summed E-state index contributed by atoms with van der Waals surface area (Å²) in [6, 6.07) is 2.56. The van der Waals surface area contributed by atoms with Crippen LogP contribution in [0.2, 0.25) is 0 Å². The SMILES string of the molecule is CCS(=O)(=O)Nc1nc(S(=O)(=O)CC)ccc1N. The van der Waals surface area contributed by atoms with E-state index in [1.165, 1.54) is 26.0 Å². The van der Waals surface area contributed by atoms with Crippen molar-refractivity contribution in [3.8, 4) is 0 Å². The molecule has 0 radical (unpaired) electrons. The van der Waals surface area contributed by atoms with Crippen molar-refractivity contribution >= 4 is 31.4 Å². The van der Waals surface area contributed by atoms with Gasteiger partial charge in [-0.2, -0.15) is 0 Å². The molecule has 102 valence electrons. The minimum Gasteiger partial charge on any atom is -0.396 e. The number of aromatic nitrogens is 1. The van der Waals surface area contributed by atoms with Crippen LogP contribution in [0.1, 0.15) is 13.8 Å². The molecule has 0 aliphatic rings. The van der Waals surface area contributed by atoms with Crippen LogP contribution in [0.4, 0.5) is 11.5 Å². The van der Waals surface area contributed by atoms with Gasteiger partial charge in [-0.3, -0.25) is 4.72 Å². The van der Waals surface area contributed by atoms with Crippen molar-refractivity contribution in [3.05, 3.63) is 12.1 Å². The number of hydrogen-bond acceptors (Lipinski definition) is 6. The second kappa shape index (κ2) is 5.11. The Morgan fingerprint density at radius 1 is 1.17 bits per heavy atom. The molecule has 0 unspecified atom stereocenters. The molecule has 1 aromatic rings. The Morgan fingerprint density at radius 3 is 2.28 bits per heavy atom. The largest absolute Gasteiger partial charge is 0.396 e. The fraction of sp³-hybridized carbons (Fsp3) is 0.444. The Bertz CT molecular complexity index is 638. The summed E-state index contributed by atoms with van der Waals surface area (Å²) in [4.78, 5) is 3.74. The highest BCUT2D eigenvalue weighted by atomic mass is 32.2. The molecule has 3 N–H and O–H groups in total. The molecular weight excluding hydrogens is 278 g/mol. The van der Waals surface area contributed by atoms with Gasteiger partial charge in [-0.25, -0.2) is 21.8 Å². The normalized spacial score (nSPS) is 12.3. The third-order valence-electron chi connectivity index (χ3n) is 2.23. The maximum absolute atomic E-state index is 11.6. The van der Waals surface area contributed by atoms with Gasteiger partial charge in [0.25, 0.3) is 0 Å².